The van der Waals surface area contributed by atoms with Crippen LogP contribution in [0.25, 0.3) is 0 Å². The van der Waals surface area contributed by atoms with E-state index >= 15 is 0 Å². The lowest BCUT2D eigenvalue weighted by Gasteiger charge is -2.45. The van der Waals surface area contributed by atoms with Crippen molar-refractivity contribution in [2.45, 2.75) is 51.6 Å². The lowest BCUT2D eigenvalue weighted by molar-refractivity contribution is -0.161. The second-order valence-corrected chi connectivity index (χ2v) is 6.44. The summed E-state index contributed by atoms with van der Waals surface area (Å²) in [6.45, 7) is 8.06. The molecular formula is C15H28N2O2. The lowest BCUT2D eigenvalue weighted by Crippen LogP contribution is -2.58. The van der Waals surface area contributed by atoms with Crippen LogP contribution in [0.2, 0.25) is 0 Å². The van der Waals surface area contributed by atoms with Crippen molar-refractivity contribution >= 4 is 5.91 Å². The second kappa shape index (κ2) is 5.80. The fraction of sp³-hybridized carbons (Fsp3) is 0.933. The van der Waals surface area contributed by atoms with E-state index in [2.05, 4.69) is 24.1 Å². The minimum atomic E-state index is -0.572. The van der Waals surface area contributed by atoms with Gasteiger partial charge in [-0.3, -0.25) is 4.79 Å². The molecule has 4 nitrogen and oxygen atoms in total. The van der Waals surface area contributed by atoms with Gasteiger partial charge in [-0.2, -0.15) is 0 Å². The molecule has 19 heavy (non-hydrogen) atoms. The van der Waals surface area contributed by atoms with Crippen molar-refractivity contribution in [1.29, 1.82) is 0 Å². The fourth-order valence-corrected chi connectivity index (χ4v) is 3.40. The van der Waals surface area contributed by atoms with Crippen LogP contribution >= 0.6 is 0 Å². The zero-order chi connectivity index (χ0) is 13.9. The Kier molecular flexibility index (Phi) is 4.51. The minimum absolute atomic E-state index is 0.218. The highest BCUT2D eigenvalue weighted by molar-refractivity contribution is 5.85. The molecule has 0 bridgehead atoms. The van der Waals surface area contributed by atoms with Crippen molar-refractivity contribution in [2.24, 2.45) is 5.41 Å². The number of hydrogen-bond donors (Lipinski definition) is 1. The van der Waals surface area contributed by atoms with Gasteiger partial charge in [0.2, 0.25) is 0 Å². The molecule has 0 aromatic heterocycles. The maximum atomic E-state index is 12.9. The first-order chi connectivity index (χ1) is 9.05. The Hall–Kier alpha value is -0.610. The van der Waals surface area contributed by atoms with Crippen LogP contribution in [0.15, 0.2) is 0 Å². The summed E-state index contributed by atoms with van der Waals surface area (Å²) in [5, 5.41) is 3.31. The summed E-state index contributed by atoms with van der Waals surface area (Å²) in [5.41, 5.74) is -0.285. The summed E-state index contributed by atoms with van der Waals surface area (Å²) in [7, 11) is 1.69. The Bertz CT molecular complexity index is 326. The average molecular weight is 268 g/mol. The molecule has 1 unspecified atom stereocenters. The van der Waals surface area contributed by atoms with Gasteiger partial charge in [-0.25, -0.2) is 0 Å². The number of carbonyl (C=O) groups excluding carboxylic acids is 1. The molecule has 1 amide bonds. The maximum Gasteiger partial charge on any atom is 0.254 e. The van der Waals surface area contributed by atoms with Gasteiger partial charge in [0.25, 0.3) is 5.91 Å². The largest absolute Gasteiger partial charge is 0.368 e. The van der Waals surface area contributed by atoms with E-state index in [0.717, 1.165) is 51.9 Å². The van der Waals surface area contributed by atoms with Crippen molar-refractivity contribution in [3.63, 3.8) is 0 Å². The molecule has 1 atom stereocenters. The molecule has 0 aliphatic carbocycles. The standard InChI is InChI=1S/C15H28N2O2/c1-4-14(2)6-5-11-17(12-14)13(18)15(19-3)7-9-16-10-8-15/h16H,4-12H2,1-3H3. The highest BCUT2D eigenvalue weighted by atomic mass is 16.5. The van der Waals surface area contributed by atoms with E-state index < -0.39 is 5.60 Å². The minimum Gasteiger partial charge on any atom is -0.368 e. The Morgan fingerprint density at radius 3 is 2.58 bits per heavy atom. The molecule has 2 rings (SSSR count). The number of carbonyl (C=O) groups is 1. The number of methoxy groups -OCH3 is 1. The van der Waals surface area contributed by atoms with Gasteiger partial charge < -0.3 is 15.0 Å². The Morgan fingerprint density at radius 2 is 2.00 bits per heavy atom. The van der Waals surface area contributed by atoms with E-state index in [1.807, 2.05) is 0 Å². The van der Waals surface area contributed by atoms with Gasteiger partial charge in [0.15, 0.2) is 0 Å². The summed E-state index contributed by atoms with van der Waals surface area (Å²) in [4.78, 5) is 14.9. The summed E-state index contributed by atoms with van der Waals surface area (Å²) >= 11 is 0. The number of rotatable bonds is 3. The first-order valence-electron chi connectivity index (χ1n) is 7.60. The van der Waals surface area contributed by atoms with Crippen LogP contribution in [0.4, 0.5) is 0 Å². The molecule has 0 radical (unpaired) electrons. The van der Waals surface area contributed by atoms with Crippen molar-refractivity contribution in [2.75, 3.05) is 33.3 Å². The highest BCUT2D eigenvalue weighted by Crippen LogP contribution is 2.35. The molecule has 2 saturated heterocycles. The van der Waals surface area contributed by atoms with Gasteiger partial charge in [0, 0.05) is 20.2 Å². The Morgan fingerprint density at radius 1 is 1.32 bits per heavy atom. The maximum absolute atomic E-state index is 12.9. The molecule has 2 aliphatic heterocycles. The van der Waals surface area contributed by atoms with Crippen molar-refractivity contribution in [3.05, 3.63) is 0 Å². The monoisotopic (exact) mass is 268 g/mol. The van der Waals surface area contributed by atoms with Crippen LogP contribution in [0.5, 0.6) is 0 Å². The second-order valence-electron chi connectivity index (χ2n) is 6.44. The molecule has 2 heterocycles. The smallest absolute Gasteiger partial charge is 0.254 e. The summed E-state index contributed by atoms with van der Waals surface area (Å²) in [5.74, 6) is 0.218. The van der Waals surface area contributed by atoms with E-state index in [1.54, 1.807) is 7.11 Å². The molecule has 0 spiro atoms. The summed E-state index contributed by atoms with van der Waals surface area (Å²) < 4.78 is 5.66. The third-order valence-electron chi connectivity index (χ3n) is 5.11. The number of piperidine rings is 2. The number of hydrogen-bond acceptors (Lipinski definition) is 3. The van der Waals surface area contributed by atoms with E-state index in [0.29, 0.717) is 0 Å². The third-order valence-corrected chi connectivity index (χ3v) is 5.11. The Balaban J connectivity index is 2.09. The predicted molar refractivity (Wildman–Crippen MR) is 76.1 cm³/mol. The van der Waals surface area contributed by atoms with Crippen LogP contribution < -0.4 is 5.32 Å². The molecule has 0 saturated carbocycles. The number of amides is 1. The number of nitrogens with one attached hydrogen (secondary N) is 1. The SMILES string of the molecule is CCC1(C)CCCN(C(=O)C2(OC)CCNCC2)C1. The topological polar surface area (TPSA) is 41.6 Å². The van der Waals surface area contributed by atoms with E-state index in [9.17, 15) is 4.79 Å². The van der Waals surface area contributed by atoms with Crippen molar-refractivity contribution in [3.8, 4) is 0 Å². The van der Waals surface area contributed by atoms with Gasteiger partial charge >= 0.3 is 0 Å². The predicted octanol–water partition coefficient (Wildman–Crippen LogP) is 1.79. The van der Waals surface area contributed by atoms with Gasteiger partial charge in [-0.15, -0.1) is 0 Å². The summed E-state index contributed by atoms with van der Waals surface area (Å²) in [6.07, 6.45) is 5.07. The zero-order valence-corrected chi connectivity index (χ0v) is 12.6. The summed E-state index contributed by atoms with van der Waals surface area (Å²) in [6, 6.07) is 0. The number of ether oxygens (including phenoxy) is 1. The molecule has 2 aliphatic rings. The van der Waals surface area contributed by atoms with Crippen LogP contribution in [0.3, 0.4) is 0 Å². The molecule has 1 N–H and O–H groups in total. The fourth-order valence-electron chi connectivity index (χ4n) is 3.40. The van der Waals surface area contributed by atoms with Gasteiger partial charge in [0.05, 0.1) is 0 Å². The average Bonchev–Trinajstić information content (AvgIpc) is 2.47. The molecule has 2 fully saturated rings. The van der Waals surface area contributed by atoms with E-state index in [1.165, 1.54) is 6.42 Å². The third kappa shape index (κ3) is 2.95. The number of likely N-dealkylation sites (tertiary alicyclic amines) is 1. The normalized spacial score (nSPS) is 31.2. The van der Waals surface area contributed by atoms with Crippen LogP contribution in [0.1, 0.15) is 46.0 Å². The van der Waals surface area contributed by atoms with Gasteiger partial charge in [-0.05, 0) is 50.6 Å². The van der Waals surface area contributed by atoms with E-state index in [-0.39, 0.29) is 11.3 Å². The zero-order valence-electron chi connectivity index (χ0n) is 12.6. The van der Waals surface area contributed by atoms with E-state index in [4.69, 9.17) is 4.74 Å². The molecule has 0 aromatic rings. The lowest BCUT2D eigenvalue weighted by atomic mass is 9.78. The van der Waals surface area contributed by atoms with Gasteiger partial charge in [0.1, 0.15) is 5.60 Å². The van der Waals surface area contributed by atoms with Crippen LogP contribution in [-0.4, -0.2) is 49.7 Å². The molecular weight excluding hydrogens is 240 g/mol. The molecule has 110 valence electrons. The highest BCUT2D eigenvalue weighted by Gasteiger charge is 2.44. The molecule has 0 aromatic carbocycles. The van der Waals surface area contributed by atoms with Crippen LogP contribution in [-0.2, 0) is 9.53 Å². The van der Waals surface area contributed by atoms with Crippen molar-refractivity contribution < 1.29 is 9.53 Å². The first-order valence-corrected chi connectivity index (χ1v) is 7.60. The Labute approximate surface area is 116 Å². The quantitative estimate of drug-likeness (QED) is 0.848. The van der Waals surface area contributed by atoms with Crippen molar-refractivity contribution in [1.82, 2.24) is 10.2 Å². The van der Waals surface area contributed by atoms with Crippen LogP contribution in [0, 0.1) is 5.41 Å². The van der Waals surface area contributed by atoms with Gasteiger partial charge in [-0.1, -0.05) is 13.8 Å². The molecule has 4 heteroatoms. The first kappa shape index (κ1) is 14.8. The number of nitrogens with zero attached hydrogens (tertiary/aromatic N) is 1.